The van der Waals surface area contributed by atoms with E-state index in [0.29, 0.717) is 11.4 Å². The molecule has 3 N–H and O–H groups in total. The molecule has 96 valence electrons. The topological polar surface area (TPSA) is 50.4 Å². The lowest BCUT2D eigenvalue weighted by atomic mass is 9.84. The third-order valence-electron chi connectivity index (χ3n) is 3.56. The van der Waals surface area contributed by atoms with Crippen LogP contribution >= 0.6 is 24.0 Å². The molecule has 0 aliphatic heterocycles. The molecule has 1 aliphatic carbocycles. The van der Waals surface area contributed by atoms with Gasteiger partial charge in [-0.15, -0.1) is 24.0 Å². The van der Waals surface area contributed by atoms with Crippen LogP contribution in [0.1, 0.15) is 52.4 Å². The van der Waals surface area contributed by atoms with Crippen LogP contribution in [0.4, 0.5) is 0 Å². The number of nitrogens with two attached hydrogens (primary N) is 1. The van der Waals surface area contributed by atoms with Gasteiger partial charge in [-0.1, -0.05) is 26.7 Å². The number of hydrogen-bond donors (Lipinski definition) is 2. The van der Waals surface area contributed by atoms with E-state index in [1.54, 1.807) is 0 Å². The molecule has 0 aromatic carbocycles. The first kappa shape index (κ1) is 16.0. The van der Waals surface area contributed by atoms with Crippen LogP contribution < -0.4 is 11.1 Å². The van der Waals surface area contributed by atoms with Gasteiger partial charge in [0, 0.05) is 13.1 Å². The molecule has 1 saturated carbocycles. The Bertz CT molecular complexity index is 210. The van der Waals surface area contributed by atoms with Crippen LogP contribution in [0, 0.1) is 5.41 Å². The molecule has 0 unspecified atom stereocenters. The predicted octanol–water partition coefficient (Wildman–Crippen LogP) is 2.89. The Morgan fingerprint density at radius 2 is 1.94 bits per heavy atom. The lowest BCUT2D eigenvalue weighted by molar-refractivity contribution is 0.297. The molecular formula is C12H26IN3. The van der Waals surface area contributed by atoms with Crippen LogP contribution in [-0.4, -0.2) is 19.0 Å². The normalized spacial score (nSPS) is 19.2. The van der Waals surface area contributed by atoms with Gasteiger partial charge in [0.2, 0.25) is 0 Å². The van der Waals surface area contributed by atoms with Gasteiger partial charge >= 0.3 is 0 Å². The van der Waals surface area contributed by atoms with Crippen molar-refractivity contribution in [2.75, 3.05) is 13.1 Å². The number of halogens is 1. The average molecular weight is 339 g/mol. The number of guanidine groups is 1. The largest absolute Gasteiger partial charge is 0.370 e. The standard InChI is InChI=1S/C12H25N3.HI/c1-3-9-14-11(13)15-10-12(4-2)7-5-6-8-12;/h3-10H2,1-2H3,(H3,13,14,15);1H. The van der Waals surface area contributed by atoms with Crippen molar-refractivity contribution in [2.24, 2.45) is 16.1 Å². The second kappa shape index (κ2) is 8.14. The van der Waals surface area contributed by atoms with E-state index in [-0.39, 0.29) is 24.0 Å². The van der Waals surface area contributed by atoms with Crippen molar-refractivity contribution in [2.45, 2.75) is 52.4 Å². The second-order valence-electron chi connectivity index (χ2n) is 4.69. The van der Waals surface area contributed by atoms with Crippen molar-refractivity contribution in [3.63, 3.8) is 0 Å². The predicted molar refractivity (Wildman–Crippen MR) is 81.4 cm³/mol. The van der Waals surface area contributed by atoms with Gasteiger partial charge in [-0.25, -0.2) is 0 Å². The minimum Gasteiger partial charge on any atom is -0.370 e. The molecule has 0 spiro atoms. The number of nitrogens with zero attached hydrogens (tertiary/aromatic N) is 1. The first-order valence-corrected chi connectivity index (χ1v) is 6.26. The van der Waals surface area contributed by atoms with Gasteiger partial charge in [0.1, 0.15) is 0 Å². The molecule has 1 rings (SSSR count). The minimum atomic E-state index is 0. The van der Waals surface area contributed by atoms with Crippen molar-refractivity contribution in [1.29, 1.82) is 0 Å². The maximum Gasteiger partial charge on any atom is 0.188 e. The fraction of sp³-hybridized carbons (Fsp3) is 0.917. The van der Waals surface area contributed by atoms with Gasteiger partial charge in [-0.05, 0) is 31.1 Å². The summed E-state index contributed by atoms with van der Waals surface area (Å²) in [7, 11) is 0. The molecule has 1 aliphatic rings. The molecule has 0 saturated heterocycles. The fourth-order valence-corrected chi connectivity index (χ4v) is 2.31. The van der Waals surface area contributed by atoms with E-state index in [2.05, 4.69) is 24.2 Å². The first-order valence-electron chi connectivity index (χ1n) is 6.26. The van der Waals surface area contributed by atoms with Crippen molar-refractivity contribution in [1.82, 2.24) is 5.32 Å². The number of nitrogens with one attached hydrogen (secondary N) is 1. The van der Waals surface area contributed by atoms with Gasteiger partial charge in [-0.3, -0.25) is 4.99 Å². The second-order valence-corrected chi connectivity index (χ2v) is 4.69. The van der Waals surface area contributed by atoms with E-state index < -0.39 is 0 Å². The lowest BCUT2D eigenvalue weighted by Crippen LogP contribution is -2.33. The van der Waals surface area contributed by atoms with Gasteiger partial charge in [0.25, 0.3) is 0 Å². The zero-order valence-corrected chi connectivity index (χ0v) is 12.9. The number of hydrogen-bond acceptors (Lipinski definition) is 1. The van der Waals surface area contributed by atoms with E-state index in [1.807, 2.05) is 0 Å². The molecule has 0 heterocycles. The summed E-state index contributed by atoms with van der Waals surface area (Å²) in [6.07, 6.45) is 7.71. The van der Waals surface area contributed by atoms with Crippen LogP contribution in [0.5, 0.6) is 0 Å². The van der Waals surface area contributed by atoms with Crippen LogP contribution in [0.15, 0.2) is 4.99 Å². The SMILES string of the molecule is CCCNC(N)=NCC1(CC)CCCC1.I. The van der Waals surface area contributed by atoms with Crippen molar-refractivity contribution >= 4 is 29.9 Å². The molecule has 3 nitrogen and oxygen atoms in total. The summed E-state index contributed by atoms with van der Waals surface area (Å²) in [6.45, 7) is 6.24. The number of rotatable bonds is 5. The first-order chi connectivity index (χ1) is 7.22. The third-order valence-corrected chi connectivity index (χ3v) is 3.56. The highest BCUT2D eigenvalue weighted by molar-refractivity contribution is 14.0. The molecule has 0 aromatic heterocycles. The smallest absolute Gasteiger partial charge is 0.188 e. The van der Waals surface area contributed by atoms with E-state index in [9.17, 15) is 0 Å². The molecular weight excluding hydrogens is 313 g/mol. The van der Waals surface area contributed by atoms with Crippen LogP contribution in [0.2, 0.25) is 0 Å². The Hall–Kier alpha value is 0. The summed E-state index contributed by atoms with van der Waals surface area (Å²) in [5.41, 5.74) is 6.25. The maximum absolute atomic E-state index is 5.79. The lowest BCUT2D eigenvalue weighted by Gasteiger charge is -2.25. The zero-order chi connectivity index (χ0) is 11.1. The molecule has 1 fully saturated rings. The molecule has 0 bridgehead atoms. The highest BCUT2D eigenvalue weighted by Gasteiger charge is 2.31. The number of aliphatic imine (C=N–C) groups is 1. The van der Waals surface area contributed by atoms with Crippen LogP contribution in [0.3, 0.4) is 0 Å². The van der Waals surface area contributed by atoms with Crippen molar-refractivity contribution in [3.8, 4) is 0 Å². The van der Waals surface area contributed by atoms with E-state index >= 15 is 0 Å². The van der Waals surface area contributed by atoms with E-state index in [0.717, 1.165) is 19.5 Å². The van der Waals surface area contributed by atoms with E-state index in [4.69, 9.17) is 5.73 Å². The van der Waals surface area contributed by atoms with Gasteiger partial charge in [0.05, 0.1) is 0 Å². The monoisotopic (exact) mass is 339 g/mol. The maximum atomic E-state index is 5.79. The highest BCUT2D eigenvalue weighted by Crippen LogP contribution is 2.40. The summed E-state index contributed by atoms with van der Waals surface area (Å²) in [5, 5.41) is 3.13. The fourth-order valence-electron chi connectivity index (χ4n) is 2.31. The van der Waals surface area contributed by atoms with Gasteiger partial charge < -0.3 is 11.1 Å². The Kier molecular flexibility index (Phi) is 8.14. The quantitative estimate of drug-likeness (QED) is 0.460. The molecule has 4 heteroatoms. The summed E-state index contributed by atoms with van der Waals surface area (Å²) < 4.78 is 0. The Morgan fingerprint density at radius 3 is 2.44 bits per heavy atom. The summed E-state index contributed by atoms with van der Waals surface area (Å²) in [6, 6.07) is 0. The van der Waals surface area contributed by atoms with Crippen LogP contribution in [-0.2, 0) is 0 Å². The zero-order valence-electron chi connectivity index (χ0n) is 10.6. The van der Waals surface area contributed by atoms with Crippen molar-refractivity contribution in [3.05, 3.63) is 0 Å². The molecule has 16 heavy (non-hydrogen) atoms. The van der Waals surface area contributed by atoms with Crippen LogP contribution in [0.25, 0.3) is 0 Å². The van der Waals surface area contributed by atoms with Crippen molar-refractivity contribution < 1.29 is 0 Å². The summed E-state index contributed by atoms with van der Waals surface area (Å²) in [4.78, 5) is 4.47. The molecule has 0 aromatic rings. The minimum absolute atomic E-state index is 0. The Labute approximate surface area is 117 Å². The van der Waals surface area contributed by atoms with Gasteiger partial charge in [0.15, 0.2) is 5.96 Å². The molecule has 0 amide bonds. The molecule has 0 atom stereocenters. The third kappa shape index (κ3) is 4.89. The highest BCUT2D eigenvalue weighted by atomic mass is 127. The van der Waals surface area contributed by atoms with E-state index in [1.165, 1.54) is 32.1 Å². The summed E-state index contributed by atoms with van der Waals surface area (Å²) in [5.74, 6) is 0.622. The van der Waals surface area contributed by atoms with Gasteiger partial charge in [-0.2, -0.15) is 0 Å². The Balaban J connectivity index is 0.00000225. The summed E-state index contributed by atoms with van der Waals surface area (Å²) >= 11 is 0. The molecule has 0 radical (unpaired) electrons. The average Bonchev–Trinajstić information content (AvgIpc) is 2.73. The Morgan fingerprint density at radius 1 is 1.31 bits per heavy atom.